The van der Waals surface area contributed by atoms with Gasteiger partial charge in [-0.1, -0.05) is 29.3 Å². The number of aryl methyl sites for hydroxylation is 1. The molecule has 0 radical (unpaired) electrons. The average molecular weight is 418 g/mol. The van der Waals surface area contributed by atoms with Crippen LogP contribution in [0, 0.1) is 6.92 Å². The molecule has 1 aliphatic heterocycles. The van der Waals surface area contributed by atoms with E-state index in [1.807, 2.05) is 6.92 Å². The van der Waals surface area contributed by atoms with Gasteiger partial charge in [-0.05, 0) is 31.2 Å². The maximum atomic E-state index is 12.3. The summed E-state index contributed by atoms with van der Waals surface area (Å²) in [6.45, 7) is 2.84. The van der Waals surface area contributed by atoms with Crippen molar-refractivity contribution in [3.05, 3.63) is 58.7 Å². The molecule has 1 N–H and O–H groups in total. The Hall–Kier alpha value is -2.84. The largest absolute Gasteiger partial charge is 0.486 e. The quantitative estimate of drug-likeness (QED) is 0.399. The van der Waals surface area contributed by atoms with Gasteiger partial charge in [0.1, 0.15) is 18.4 Å². The molecule has 2 aromatic carbocycles. The van der Waals surface area contributed by atoms with Crippen LogP contribution in [0.2, 0.25) is 5.15 Å². The molecular formula is C19H16ClN3O4S. The van der Waals surface area contributed by atoms with Crippen LogP contribution in [0.3, 0.4) is 0 Å². The third-order valence-electron chi connectivity index (χ3n) is 4.17. The molecule has 1 aliphatic rings. The van der Waals surface area contributed by atoms with Crippen LogP contribution in [0.25, 0.3) is 10.9 Å². The third kappa shape index (κ3) is 3.74. The second-order valence-electron chi connectivity index (χ2n) is 6.22. The standard InChI is InChI=1S/C19H16ClN3O4S/c1-12-2-4-15(5-3-12)28(24,25)23-21-11-14-8-13-9-17-18(27-7-6-26-17)10-16(13)22-19(14)20/h2-5,8-11,23H,6-7H2,1H3/b21-11+. The molecule has 7 nitrogen and oxygen atoms in total. The summed E-state index contributed by atoms with van der Waals surface area (Å²) in [6, 6.07) is 11.8. The number of nitrogens with zero attached hydrogens (tertiary/aromatic N) is 2. The maximum Gasteiger partial charge on any atom is 0.276 e. The highest BCUT2D eigenvalue weighted by Crippen LogP contribution is 2.34. The maximum absolute atomic E-state index is 12.3. The van der Waals surface area contributed by atoms with E-state index in [2.05, 4.69) is 14.9 Å². The van der Waals surface area contributed by atoms with Crippen LogP contribution in [0.15, 0.2) is 52.5 Å². The van der Waals surface area contributed by atoms with E-state index < -0.39 is 10.0 Å². The van der Waals surface area contributed by atoms with E-state index >= 15 is 0 Å². The number of halogens is 1. The Morgan fingerprint density at radius 3 is 2.50 bits per heavy atom. The summed E-state index contributed by atoms with van der Waals surface area (Å²) < 4.78 is 35.7. The highest BCUT2D eigenvalue weighted by Gasteiger charge is 2.15. The van der Waals surface area contributed by atoms with Gasteiger partial charge in [0, 0.05) is 17.0 Å². The summed E-state index contributed by atoms with van der Waals surface area (Å²) in [5.41, 5.74) is 2.08. The number of nitrogens with one attached hydrogen (secondary N) is 1. The first-order chi connectivity index (χ1) is 13.4. The highest BCUT2D eigenvalue weighted by atomic mass is 35.5. The Kier molecular flexibility index (Phi) is 4.82. The Balaban J connectivity index is 1.60. The molecule has 0 aliphatic carbocycles. The molecule has 0 unspecified atom stereocenters. The van der Waals surface area contributed by atoms with Gasteiger partial charge in [-0.3, -0.25) is 0 Å². The number of fused-ring (bicyclic) bond motifs is 2. The summed E-state index contributed by atoms with van der Waals surface area (Å²) >= 11 is 6.22. The van der Waals surface area contributed by atoms with Crippen molar-refractivity contribution >= 4 is 38.7 Å². The highest BCUT2D eigenvalue weighted by molar-refractivity contribution is 7.89. The number of pyridine rings is 1. The van der Waals surface area contributed by atoms with Crippen molar-refractivity contribution in [1.29, 1.82) is 0 Å². The SMILES string of the molecule is Cc1ccc(S(=O)(=O)N/N=C/c2cc3cc4c(cc3nc2Cl)OCCO4)cc1. The number of hydrazone groups is 1. The molecule has 144 valence electrons. The third-order valence-corrected chi connectivity index (χ3v) is 5.71. The van der Waals surface area contributed by atoms with Crippen LogP contribution in [0.4, 0.5) is 0 Å². The molecule has 0 atom stereocenters. The second kappa shape index (κ2) is 7.29. The molecule has 0 saturated carbocycles. The van der Waals surface area contributed by atoms with Crippen LogP contribution in [-0.4, -0.2) is 32.8 Å². The lowest BCUT2D eigenvalue weighted by molar-refractivity contribution is 0.172. The smallest absolute Gasteiger partial charge is 0.276 e. The monoisotopic (exact) mass is 417 g/mol. The van der Waals surface area contributed by atoms with E-state index in [0.29, 0.717) is 35.8 Å². The van der Waals surface area contributed by atoms with Crippen LogP contribution in [-0.2, 0) is 10.0 Å². The van der Waals surface area contributed by atoms with Gasteiger partial charge >= 0.3 is 0 Å². The number of ether oxygens (including phenoxy) is 2. The van der Waals surface area contributed by atoms with Crippen LogP contribution < -0.4 is 14.3 Å². The van der Waals surface area contributed by atoms with Gasteiger partial charge < -0.3 is 9.47 Å². The lowest BCUT2D eigenvalue weighted by Gasteiger charge is -2.18. The van der Waals surface area contributed by atoms with Gasteiger partial charge in [-0.15, -0.1) is 0 Å². The van der Waals surface area contributed by atoms with Crippen molar-refractivity contribution in [1.82, 2.24) is 9.82 Å². The number of benzene rings is 2. The first-order valence-corrected chi connectivity index (χ1v) is 10.3. The van der Waals surface area contributed by atoms with E-state index in [1.165, 1.54) is 18.3 Å². The zero-order chi connectivity index (χ0) is 19.7. The number of hydrogen-bond acceptors (Lipinski definition) is 6. The van der Waals surface area contributed by atoms with Gasteiger partial charge in [-0.25, -0.2) is 9.82 Å². The lowest BCUT2D eigenvalue weighted by atomic mass is 10.1. The first-order valence-electron chi connectivity index (χ1n) is 8.44. The van der Waals surface area contributed by atoms with Gasteiger partial charge in [0.15, 0.2) is 11.5 Å². The van der Waals surface area contributed by atoms with Crippen molar-refractivity contribution in [2.24, 2.45) is 5.10 Å². The summed E-state index contributed by atoms with van der Waals surface area (Å²) in [5.74, 6) is 1.25. The van der Waals surface area contributed by atoms with Gasteiger partial charge in [0.25, 0.3) is 10.0 Å². The summed E-state index contributed by atoms with van der Waals surface area (Å²) in [6.07, 6.45) is 1.32. The fraction of sp³-hybridized carbons (Fsp3) is 0.158. The van der Waals surface area contributed by atoms with E-state index in [9.17, 15) is 8.42 Å². The van der Waals surface area contributed by atoms with Gasteiger partial charge in [-0.2, -0.15) is 13.5 Å². The molecular weight excluding hydrogens is 402 g/mol. The molecule has 1 aromatic heterocycles. The van der Waals surface area contributed by atoms with Crippen molar-refractivity contribution in [2.75, 3.05) is 13.2 Å². The molecule has 28 heavy (non-hydrogen) atoms. The Bertz CT molecular complexity index is 1180. The number of hydrogen-bond donors (Lipinski definition) is 1. The van der Waals surface area contributed by atoms with E-state index in [0.717, 1.165) is 10.9 Å². The molecule has 0 spiro atoms. The zero-order valence-corrected chi connectivity index (χ0v) is 16.4. The second-order valence-corrected chi connectivity index (χ2v) is 8.24. The fourth-order valence-corrected chi connectivity index (χ4v) is 3.72. The normalized spacial score (nSPS) is 13.8. The first kappa shape index (κ1) is 18.5. The van der Waals surface area contributed by atoms with E-state index in [1.54, 1.807) is 30.3 Å². The predicted octanol–water partition coefficient (Wildman–Crippen LogP) is 3.28. The Labute approximate surface area is 167 Å². The molecule has 4 rings (SSSR count). The van der Waals surface area contributed by atoms with Crippen LogP contribution in [0.5, 0.6) is 11.5 Å². The van der Waals surface area contributed by atoms with Crippen molar-refractivity contribution < 1.29 is 17.9 Å². The molecule has 0 saturated heterocycles. The number of sulfonamides is 1. The molecule has 0 amide bonds. The van der Waals surface area contributed by atoms with E-state index in [4.69, 9.17) is 21.1 Å². The van der Waals surface area contributed by atoms with Crippen molar-refractivity contribution in [3.8, 4) is 11.5 Å². The zero-order valence-electron chi connectivity index (χ0n) is 14.8. The topological polar surface area (TPSA) is 89.9 Å². The minimum Gasteiger partial charge on any atom is -0.486 e. The summed E-state index contributed by atoms with van der Waals surface area (Å²) in [7, 11) is -3.76. The van der Waals surface area contributed by atoms with Gasteiger partial charge in [0.05, 0.1) is 16.6 Å². The average Bonchev–Trinajstić information content (AvgIpc) is 2.67. The lowest BCUT2D eigenvalue weighted by Crippen LogP contribution is -2.18. The minimum atomic E-state index is -3.76. The number of rotatable bonds is 4. The Morgan fingerprint density at radius 1 is 1.11 bits per heavy atom. The predicted molar refractivity (Wildman–Crippen MR) is 107 cm³/mol. The molecule has 0 fully saturated rings. The van der Waals surface area contributed by atoms with Crippen molar-refractivity contribution in [2.45, 2.75) is 11.8 Å². The van der Waals surface area contributed by atoms with Crippen LogP contribution in [0.1, 0.15) is 11.1 Å². The van der Waals surface area contributed by atoms with Crippen molar-refractivity contribution in [3.63, 3.8) is 0 Å². The number of aromatic nitrogens is 1. The molecule has 2 heterocycles. The van der Waals surface area contributed by atoms with Crippen LogP contribution >= 0.6 is 11.6 Å². The molecule has 9 heteroatoms. The Morgan fingerprint density at radius 2 is 1.79 bits per heavy atom. The summed E-state index contributed by atoms with van der Waals surface area (Å²) in [5, 5.41) is 4.80. The fourth-order valence-electron chi connectivity index (χ4n) is 2.73. The van der Waals surface area contributed by atoms with Gasteiger partial charge in [0.2, 0.25) is 0 Å². The molecule has 0 bridgehead atoms. The molecule has 3 aromatic rings. The summed E-state index contributed by atoms with van der Waals surface area (Å²) in [4.78, 5) is 6.63. The van der Waals surface area contributed by atoms with E-state index in [-0.39, 0.29) is 10.0 Å². The minimum absolute atomic E-state index is 0.127.